The molecule has 6 heteroatoms. The van der Waals surface area contributed by atoms with E-state index in [0.29, 0.717) is 19.8 Å². The highest BCUT2D eigenvalue weighted by molar-refractivity contribution is 5.99. The fraction of sp³-hybridized carbons (Fsp3) is 0.600. The summed E-state index contributed by atoms with van der Waals surface area (Å²) >= 11 is 0. The number of nitrogens with two attached hydrogens (primary N) is 1. The van der Waals surface area contributed by atoms with Gasteiger partial charge in [-0.3, -0.25) is 0 Å². The Bertz CT molecular complexity index is 332. The Labute approximate surface area is 93.8 Å². The van der Waals surface area contributed by atoms with Gasteiger partial charge in [0.05, 0.1) is 6.21 Å². The number of rotatable bonds is 5. The lowest BCUT2D eigenvalue weighted by Crippen LogP contribution is -2.24. The third-order valence-corrected chi connectivity index (χ3v) is 1.75. The van der Waals surface area contributed by atoms with Crippen molar-refractivity contribution in [1.82, 2.24) is 0 Å². The summed E-state index contributed by atoms with van der Waals surface area (Å²) in [6.07, 6.45) is 1.53. The van der Waals surface area contributed by atoms with Crippen LogP contribution in [0.5, 0.6) is 0 Å². The summed E-state index contributed by atoms with van der Waals surface area (Å²) in [5, 5.41) is 0. The van der Waals surface area contributed by atoms with E-state index < -0.39 is 6.23 Å². The molecule has 1 atom stereocenters. The largest absolute Gasteiger partial charge is 0.462 e. The molecule has 0 radical (unpaired) electrons. The van der Waals surface area contributed by atoms with Crippen molar-refractivity contribution in [1.29, 1.82) is 0 Å². The van der Waals surface area contributed by atoms with Gasteiger partial charge in [0.2, 0.25) is 0 Å². The predicted molar refractivity (Wildman–Crippen MR) is 60.2 cm³/mol. The van der Waals surface area contributed by atoms with Crippen LogP contribution < -0.4 is 5.73 Å². The predicted octanol–water partition coefficient (Wildman–Crippen LogP) is -0.0872. The molecule has 0 aliphatic carbocycles. The quantitative estimate of drug-likeness (QED) is 0.663. The Balaban J connectivity index is 2.65. The van der Waals surface area contributed by atoms with Crippen LogP contribution in [0.15, 0.2) is 15.6 Å². The maximum absolute atomic E-state index is 10.6. The summed E-state index contributed by atoms with van der Waals surface area (Å²) in [5.74, 6) is 1.74. The normalized spacial score (nSPS) is 19.2. The molecule has 0 bridgehead atoms. The number of hydrogen-bond donors (Lipinski definition) is 1. The molecule has 0 spiro atoms. The van der Waals surface area contributed by atoms with E-state index in [1.807, 2.05) is 6.92 Å². The monoisotopic (exact) mass is 225 g/mol. The van der Waals surface area contributed by atoms with Gasteiger partial charge in [0.15, 0.2) is 6.23 Å². The fourth-order valence-electron chi connectivity index (χ4n) is 1.05. The van der Waals surface area contributed by atoms with Crippen LogP contribution in [0.2, 0.25) is 0 Å². The molecular formula is C10H15N3O3. The third-order valence-electron chi connectivity index (χ3n) is 1.75. The minimum absolute atomic E-state index is 0.186. The Morgan fingerprint density at radius 2 is 2.38 bits per heavy atom. The fourth-order valence-corrected chi connectivity index (χ4v) is 1.05. The lowest BCUT2D eigenvalue weighted by atomic mass is 10.3. The average Bonchev–Trinajstić information content (AvgIpc) is 2.33. The first-order valence-electron chi connectivity index (χ1n) is 5.13. The molecule has 1 heterocycles. The van der Waals surface area contributed by atoms with Crippen molar-refractivity contribution in [3.8, 4) is 0 Å². The zero-order valence-corrected chi connectivity index (χ0v) is 9.18. The van der Waals surface area contributed by atoms with Gasteiger partial charge < -0.3 is 15.2 Å². The van der Waals surface area contributed by atoms with Gasteiger partial charge in [0.1, 0.15) is 18.1 Å². The number of amidine groups is 1. The molecule has 0 saturated heterocycles. The van der Waals surface area contributed by atoms with Gasteiger partial charge in [0.25, 0.3) is 0 Å². The topological polar surface area (TPSA) is 86.3 Å². The molecule has 2 N–H and O–H groups in total. The van der Waals surface area contributed by atoms with Crippen LogP contribution in [-0.4, -0.2) is 44.2 Å². The maximum Gasteiger partial charge on any atom is 0.314 e. The third kappa shape index (κ3) is 3.58. The second-order valence-electron chi connectivity index (χ2n) is 3.09. The Morgan fingerprint density at radius 1 is 1.56 bits per heavy atom. The zero-order valence-electron chi connectivity index (χ0n) is 9.18. The Hall–Kier alpha value is -1.49. The Kier molecular flexibility index (Phi) is 5.42. The highest BCUT2D eigenvalue weighted by atomic mass is 16.5. The molecule has 1 rings (SSSR count). The van der Waals surface area contributed by atoms with E-state index in [0.717, 1.165) is 6.42 Å². The van der Waals surface area contributed by atoms with Gasteiger partial charge in [-0.15, -0.1) is 0 Å². The minimum Gasteiger partial charge on any atom is -0.462 e. The molecule has 1 unspecified atom stereocenters. The van der Waals surface area contributed by atoms with E-state index >= 15 is 0 Å². The van der Waals surface area contributed by atoms with Crippen LogP contribution in [0.1, 0.15) is 13.3 Å². The van der Waals surface area contributed by atoms with Crippen molar-refractivity contribution in [2.75, 3.05) is 19.8 Å². The molecule has 1 aliphatic heterocycles. The van der Waals surface area contributed by atoms with E-state index in [4.69, 9.17) is 15.2 Å². The lowest BCUT2D eigenvalue weighted by Gasteiger charge is -2.16. The summed E-state index contributed by atoms with van der Waals surface area (Å²) in [4.78, 5) is 18.5. The van der Waals surface area contributed by atoms with Crippen LogP contribution >= 0.6 is 0 Å². The maximum atomic E-state index is 10.6. The molecule has 0 saturated carbocycles. The smallest absolute Gasteiger partial charge is 0.314 e. The first-order valence-corrected chi connectivity index (χ1v) is 5.13. The van der Waals surface area contributed by atoms with Crippen molar-refractivity contribution in [2.24, 2.45) is 15.7 Å². The summed E-state index contributed by atoms with van der Waals surface area (Å²) in [6.45, 7) is 3.19. The molecular weight excluding hydrogens is 210 g/mol. The lowest BCUT2D eigenvalue weighted by molar-refractivity contribution is 0.0855. The molecule has 0 aromatic heterocycles. The van der Waals surface area contributed by atoms with Gasteiger partial charge >= 0.3 is 6.02 Å². The number of carbonyl (C=O) groups excluding carboxylic acids is 1. The van der Waals surface area contributed by atoms with Gasteiger partial charge in [-0.25, -0.2) is 9.79 Å². The van der Waals surface area contributed by atoms with Crippen LogP contribution in [-0.2, 0) is 14.3 Å². The minimum atomic E-state index is -0.664. The zero-order chi connectivity index (χ0) is 11.8. The summed E-state index contributed by atoms with van der Waals surface area (Å²) < 4.78 is 10.5. The molecule has 1 aliphatic rings. The van der Waals surface area contributed by atoms with Crippen LogP contribution in [0.4, 0.5) is 0 Å². The Morgan fingerprint density at radius 3 is 3.00 bits per heavy atom. The van der Waals surface area contributed by atoms with E-state index in [2.05, 4.69) is 9.98 Å². The molecule has 16 heavy (non-hydrogen) atoms. The summed E-state index contributed by atoms with van der Waals surface area (Å²) in [6, 6.07) is 0.186. The van der Waals surface area contributed by atoms with Crippen molar-refractivity contribution in [2.45, 2.75) is 19.6 Å². The van der Waals surface area contributed by atoms with Crippen LogP contribution in [0, 0.1) is 0 Å². The first kappa shape index (κ1) is 12.6. The molecule has 0 fully saturated rings. The van der Waals surface area contributed by atoms with Crippen molar-refractivity contribution in [3.63, 3.8) is 0 Å². The van der Waals surface area contributed by atoms with Gasteiger partial charge in [-0.05, 0) is 6.42 Å². The molecule has 0 aromatic carbocycles. The van der Waals surface area contributed by atoms with Crippen LogP contribution in [0.3, 0.4) is 0 Å². The van der Waals surface area contributed by atoms with E-state index in [1.54, 1.807) is 5.94 Å². The van der Waals surface area contributed by atoms with Gasteiger partial charge in [-0.1, -0.05) is 6.92 Å². The van der Waals surface area contributed by atoms with Crippen molar-refractivity contribution >= 4 is 18.2 Å². The molecule has 6 nitrogen and oxygen atoms in total. The van der Waals surface area contributed by atoms with Crippen LogP contribution in [0.25, 0.3) is 0 Å². The summed E-state index contributed by atoms with van der Waals surface area (Å²) in [5.41, 5.74) is 5.56. The highest BCUT2D eigenvalue weighted by Crippen LogP contribution is 2.10. The highest BCUT2D eigenvalue weighted by Gasteiger charge is 2.19. The summed E-state index contributed by atoms with van der Waals surface area (Å²) in [7, 11) is 0. The van der Waals surface area contributed by atoms with Crippen molar-refractivity contribution in [3.05, 3.63) is 5.57 Å². The second kappa shape index (κ2) is 6.90. The van der Waals surface area contributed by atoms with Crippen molar-refractivity contribution < 1.29 is 14.3 Å². The number of aliphatic imine (C=N–C) groups is 2. The molecule has 0 aromatic rings. The van der Waals surface area contributed by atoms with Gasteiger partial charge in [-0.2, -0.15) is 4.99 Å². The number of hydrogen-bond acceptors (Lipinski definition) is 6. The van der Waals surface area contributed by atoms with E-state index in [-0.39, 0.29) is 11.6 Å². The molecule has 0 amide bonds. The number of nitrogens with zero attached hydrogens (tertiary/aromatic N) is 2. The first-order chi connectivity index (χ1) is 7.81. The standard InChI is InChI=1S/C10H15N3O3/c1-2-4-15-9-8(7-14)6-12-10(13-9)16-5-3-11/h6,9H,2-5,11H2,1H3. The second-order valence-corrected chi connectivity index (χ2v) is 3.09. The van der Waals surface area contributed by atoms with E-state index in [1.165, 1.54) is 6.21 Å². The van der Waals surface area contributed by atoms with E-state index in [9.17, 15) is 4.79 Å². The average molecular weight is 225 g/mol. The molecule has 88 valence electrons. The van der Waals surface area contributed by atoms with Gasteiger partial charge in [0, 0.05) is 13.2 Å². The number of ether oxygens (including phenoxy) is 2. The SMILES string of the molecule is CCCOC1N=C(OCCN)N=CC1=C=O.